The average molecular weight is 232 g/mol. The average Bonchev–Trinajstić information content (AvgIpc) is 2.39. The highest BCUT2D eigenvalue weighted by molar-refractivity contribution is 6.03. The SMILES string of the molecule is Cc1ccc2c(c1)Oc1cccc3cccc-2c13. The number of ether oxygens (including phenoxy) is 1. The molecule has 0 spiro atoms. The van der Waals surface area contributed by atoms with E-state index in [1.807, 2.05) is 12.1 Å². The molecule has 18 heavy (non-hydrogen) atoms. The van der Waals surface area contributed by atoms with Gasteiger partial charge >= 0.3 is 0 Å². The maximum absolute atomic E-state index is 6.03. The van der Waals surface area contributed by atoms with Gasteiger partial charge in [0, 0.05) is 10.9 Å². The summed E-state index contributed by atoms with van der Waals surface area (Å²) in [5.41, 5.74) is 3.68. The Morgan fingerprint density at radius 3 is 2.50 bits per heavy atom. The Morgan fingerprint density at radius 1 is 0.778 bits per heavy atom. The van der Waals surface area contributed by atoms with E-state index in [4.69, 9.17) is 4.74 Å². The van der Waals surface area contributed by atoms with Gasteiger partial charge in [-0.15, -0.1) is 0 Å². The van der Waals surface area contributed by atoms with Crippen molar-refractivity contribution in [2.75, 3.05) is 0 Å². The normalized spacial score (nSPS) is 12.1. The second kappa shape index (κ2) is 3.36. The first kappa shape index (κ1) is 9.72. The third-order valence-electron chi connectivity index (χ3n) is 3.51. The molecule has 4 rings (SSSR count). The highest BCUT2D eigenvalue weighted by Gasteiger charge is 2.18. The maximum atomic E-state index is 6.03. The van der Waals surface area contributed by atoms with Crippen molar-refractivity contribution >= 4 is 10.8 Å². The van der Waals surface area contributed by atoms with Crippen molar-refractivity contribution in [2.24, 2.45) is 0 Å². The number of hydrogen-bond donors (Lipinski definition) is 0. The predicted octanol–water partition coefficient (Wildman–Crippen LogP) is 4.92. The van der Waals surface area contributed by atoms with Gasteiger partial charge in [0.05, 0.1) is 0 Å². The van der Waals surface area contributed by atoms with Crippen molar-refractivity contribution in [3.05, 3.63) is 60.2 Å². The van der Waals surface area contributed by atoms with E-state index in [-0.39, 0.29) is 0 Å². The van der Waals surface area contributed by atoms with E-state index in [0.717, 1.165) is 11.5 Å². The van der Waals surface area contributed by atoms with Crippen LogP contribution >= 0.6 is 0 Å². The minimum absolute atomic E-state index is 0.959. The highest BCUT2D eigenvalue weighted by Crippen LogP contribution is 2.46. The lowest BCUT2D eigenvalue weighted by Crippen LogP contribution is -1.97. The van der Waals surface area contributed by atoms with E-state index in [9.17, 15) is 0 Å². The summed E-state index contributed by atoms with van der Waals surface area (Å²) in [5.74, 6) is 1.92. The van der Waals surface area contributed by atoms with Crippen molar-refractivity contribution in [2.45, 2.75) is 6.92 Å². The van der Waals surface area contributed by atoms with E-state index < -0.39 is 0 Å². The van der Waals surface area contributed by atoms with Gasteiger partial charge in [-0.05, 0) is 35.6 Å². The summed E-state index contributed by atoms with van der Waals surface area (Å²) in [6, 6.07) is 19.0. The lowest BCUT2D eigenvalue weighted by Gasteiger charge is -2.21. The highest BCUT2D eigenvalue weighted by atomic mass is 16.5. The van der Waals surface area contributed by atoms with Crippen LogP contribution in [0.25, 0.3) is 21.9 Å². The lowest BCUT2D eigenvalue weighted by atomic mass is 9.94. The molecule has 0 aromatic heterocycles. The monoisotopic (exact) mass is 232 g/mol. The Morgan fingerprint density at radius 2 is 1.61 bits per heavy atom. The number of benzene rings is 3. The van der Waals surface area contributed by atoms with Gasteiger partial charge in [0.2, 0.25) is 0 Å². The molecule has 86 valence electrons. The van der Waals surface area contributed by atoms with E-state index >= 15 is 0 Å². The zero-order valence-corrected chi connectivity index (χ0v) is 10.1. The minimum Gasteiger partial charge on any atom is -0.456 e. The van der Waals surface area contributed by atoms with Crippen LogP contribution in [0.5, 0.6) is 11.5 Å². The Bertz CT molecular complexity index is 766. The molecule has 0 radical (unpaired) electrons. The quantitative estimate of drug-likeness (QED) is 0.418. The van der Waals surface area contributed by atoms with Crippen LogP contribution in [0.1, 0.15) is 5.56 Å². The molecular weight excluding hydrogens is 220 g/mol. The minimum atomic E-state index is 0.959. The molecule has 0 fully saturated rings. The van der Waals surface area contributed by atoms with Crippen LogP contribution in [0.4, 0.5) is 0 Å². The van der Waals surface area contributed by atoms with E-state index in [2.05, 4.69) is 49.4 Å². The van der Waals surface area contributed by atoms with Crippen LogP contribution < -0.4 is 4.74 Å². The number of fused-ring (bicyclic) bond motifs is 2. The number of aryl methyl sites for hydroxylation is 1. The van der Waals surface area contributed by atoms with Gasteiger partial charge in [-0.25, -0.2) is 0 Å². The second-order valence-corrected chi connectivity index (χ2v) is 4.76. The molecule has 0 unspecified atom stereocenters. The fraction of sp³-hybridized carbons (Fsp3) is 0.0588. The summed E-state index contributed by atoms with van der Waals surface area (Å²) in [6.45, 7) is 2.09. The molecule has 0 aliphatic carbocycles. The third kappa shape index (κ3) is 1.22. The molecule has 3 aromatic carbocycles. The molecule has 1 nitrogen and oxygen atoms in total. The molecule has 0 N–H and O–H groups in total. The Kier molecular flexibility index (Phi) is 1.81. The Hall–Kier alpha value is -2.28. The fourth-order valence-electron chi connectivity index (χ4n) is 2.67. The topological polar surface area (TPSA) is 9.23 Å². The van der Waals surface area contributed by atoms with Gasteiger partial charge in [-0.3, -0.25) is 0 Å². The smallest absolute Gasteiger partial charge is 0.135 e. The summed E-state index contributed by atoms with van der Waals surface area (Å²) < 4.78 is 6.03. The van der Waals surface area contributed by atoms with Crippen LogP contribution in [0.2, 0.25) is 0 Å². The molecule has 0 atom stereocenters. The van der Waals surface area contributed by atoms with Gasteiger partial charge in [0.1, 0.15) is 11.5 Å². The van der Waals surface area contributed by atoms with Gasteiger partial charge in [0.15, 0.2) is 0 Å². The zero-order chi connectivity index (χ0) is 12.1. The van der Waals surface area contributed by atoms with Gasteiger partial charge in [-0.1, -0.05) is 42.5 Å². The molecule has 1 aliphatic rings. The van der Waals surface area contributed by atoms with Crippen molar-refractivity contribution in [1.29, 1.82) is 0 Å². The molecule has 0 amide bonds. The standard InChI is InChI=1S/C17H12O/c1-11-8-9-13-14-6-2-4-12-5-3-7-15(17(12)14)18-16(13)10-11/h2-10H,1H3. The Balaban J connectivity index is 2.17. The van der Waals surface area contributed by atoms with Crippen LogP contribution in [-0.2, 0) is 0 Å². The van der Waals surface area contributed by atoms with Crippen LogP contribution in [-0.4, -0.2) is 0 Å². The summed E-state index contributed by atoms with van der Waals surface area (Å²) in [4.78, 5) is 0. The van der Waals surface area contributed by atoms with Gasteiger partial charge < -0.3 is 4.74 Å². The van der Waals surface area contributed by atoms with Gasteiger partial charge in [0.25, 0.3) is 0 Å². The van der Waals surface area contributed by atoms with Crippen molar-refractivity contribution in [3.63, 3.8) is 0 Å². The first-order valence-corrected chi connectivity index (χ1v) is 6.13. The van der Waals surface area contributed by atoms with Crippen molar-refractivity contribution in [3.8, 4) is 22.6 Å². The molecule has 0 saturated carbocycles. The van der Waals surface area contributed by atoms with E-state index in [1.165, 1.54) is 27.5 Å². The summed E-state index contributed by atoms with van der Waals surface area (Å²) in [7, 11) is 0. The van der Waals surface area contributed by atoms with Crippen LogP contribution in [0, 0.1) is 6.92 Å². The molecule has 0 saturated heterocycles. The predicted molar refractivity (Wildman–Crippen MR) is 74.2 cm³/mol. The second-order valence-electron chi connectivity index (χ2n) is 4.76. The molecule has 3 aromatic rings. The first-order valence-electron chi connectivity index (χ1n) is 6.13. The third-order valence-corrected chi connectivity index (χ3v) is 3.51. The molecule has 1 heterocycles. The van der Waals surface area contributed by atoms with E-state index in [1.54, 1.807) is 0 Å². The van der Waals surface area contributed by atoms with Gasteiger partial charge in [-0.2, -0.15) is 0 Å². The number of hydrogen-bond acceptors (Lipinski definition) is 1. The zero-order valence-electron chi connectivity index (χ0n) is 10.1. The first-order chi connectivity index (χ1) is 8.83. The Labute approximate surface area is 106 Å². The van der Waals surface area contributed by atoms with Crippen molar-refractivity contribution in [1.82, 2.24) is 0 Å². The summed E-state index contributed by atoms with van der Waals surface area (Å²) >= 11 is 0. The molecular formula is C17H12O. The molecule has 1 heteroatoms. The molecule has 1 aliphatic heterocycles. The lowest BCUT2D eigenvalue weighted by molar-refractivity contribution is 0.486. The summed E-state index contributed by atoms with van der Waals surface area (Å²) in [6.07, 6.45) is 0. The fourth-order valence-corrected chi connectivity index (χ4v) is 2.67. The van der Waals surface area contributed by atoms with Crippen molar-refractivity contribution < 1.29 is 4.74 Å². The summed E-state index contributed by atoms with van der Waals surface area (Å²) in [5, 5.41) is 2.45. The maximum Gasteiger partial charge on any atom is 0.135 e. The van der Waals surface area contributed by atoms with E-state index in [0.29, 0.717) is 0 Å². The van der Waals surface area contributed by atoms with Crippen LogP contribution in [0.3, 0.4) is 0 Å². The molecule has 0 bridgehead atoms. The number of rotatable bonds is 0. The van der Waals surface area contributed by atoms with Crippen LogP contribution in [0.15, 0.2) is 54.6 Å². The largest absolute Gasteiger partial charge is 0.456 e.